The summed E-state index contributed by atoms with van der Waals surface area (Å²) in [4.78, 5) is 26.6. The Balaban J connectivity index is 1.58. The normalized spacial score (nSPS) is 11.2. The van der Waals surface area contributed by atoms with E-state index in [0.717, 1.165) is 29.9 Å². The summed E-state index contributed by atoms with van der Waals surface area (Å²) in [7, 11) is 0. The summed E-state index contributed by atoms with van der Waals surface area (Å²) >= 11 is 1.06. The minimum Gasteiger partial charge on any atom is -0.338 e. The Morgan fingerprint density at radius 1 is 1.00 bits per heavy atom. The van der Waals surface area contributed by atoms with E-state index in [-0.39, 0.29) is 29.9 Å². The van der Waals surface area contributed by atoms with Gasteiger partial charge in [-0.25, -0.2) is 0 Å². The fourth-order valence-corrected chi connectivity index (χ4v) is 3.72. The molecule has 0 saturated carbocycles. The third kappa shape index (κ3) is 6.13. The number of halogens is 3. The summed E-state index contributed by atoms with van der Waals surface area (Å²) in [5, 5.41) is 11.1. The number of nitrogens with one attached hydrogen (secondary N) is 1. The highest BCUT2D eigenvalue weighted by molar-refractivity contribution is 7.18. The number of aromatic nitrogens is 2. The number of nitrogens with zero attached hydrogens (tertiary/aromatic N) is 3. The zero-order chi connectivity index (χ0) is 23.1. The molecule has 0 unspecified atom stereocenters. The summed E-state index contributed by atoms with van der Waals surface area (Å²) in [6, 6.07) is 13.4. The van der Waals surface area contributed by atoms with Gasteiger partial charge in [0.2, 0.25) is 11.0 Å². The zero-order valence-corrected chi connectivity index (χ0v) is 18.0. The highest BCUT2D eigenvalue weighted by Gasteiger charge is 2.30. The summed E-state index contributed by atoms with van der Waals surface area (Å²) in [6.45, 7) is 2.73. The third-order valence-corrected chi connectivity index (χ3v) is 5.43. The fourth-order valence-electron chi connectivity index (χ4n) is 2.96. The van der Waals surface area contributed by atoms with Crippen molar-refractivity contribution in [1.29, 1.82) is 0 Å². The maximum atomic E-state index is 12.7. The molecule has 6 nitrogen and oxygen atoms in total. The molecule has 168 valence electrons. The fraction of sp³-hybridized carbons (Fsp3) is 0.273. The van der Waals surface area contributed by atoms with Gasteiger partial charge in [-0.3, -0.25) is 9.59 Å². The molecular formula is C22H21F3N4O2S. The lowest BCUT2D eigenvalue weighted by Gasteiger charge is -2.21. The Hall–Kier alpha value is -3.27. The molecule has 10 heteroatoms. The molecule has 0 bridgehead atoms. The summed E-state index contributed by atoms with van der Waals surface area (Å²) < 4.78 is 38.1. The van der Waals surface area contributed by atoms with E-state index in [2.05, 4.69) is 15.5 Å². The smallest absolute Gasteiger partial charge is 0.338 e. The molecular weight excluding hydrogens is 441 g/mol. The van der Waals surface area contributed by atoms with Crippen LogP contribution in [-0.2, 0) is 11.0 Å². The molecule has 2 amide bonds. The van der Waals surface area contributed by atoms with Gasteiger partial charge in [-0.1, -0.05) is 48.6 Å². The van der Waals surface area contributed by atoms with Crippen molar-refractivity contribution in [2.75, 3.05) is 18.4 Å². The van der Waals surface area contributed by atoms with Crippen LogP contribution < -0.4 is 5.32 Å². The van der Waals surface area contributed by atoms with Gasteiger partial charge in [-0.05, 0) is 30.7 Å². The van der Waals surface area contributed by atoms with Gasteiger partial charge in [0, 0.05) is 30.6 Å². The van der Waals surface area contributed by atoms with E-state index < -0.39 is 11.7 Å². The van der Waals surface area contributed by atoms with Crippen LogP contribution in [0.5, 0.6) is 0 Å². The molecule has 0 saturated heterocycles. The Bertz CT molecular complexity index is 1050. The van der Waals surface area contributed by atoms with Crippen LogP contribution in [0.2, 0.25) is 0 Å². The first-order chi connectivity index (χ1) is 15.3. The molecule has 0 radical (unpaired) electrons. The van der Waals surface area contributed by atoms with Gasteiger partial charge in [-0.2, -0.15) is 13.2 Å². The van der Waals surface area contributed by atoms with Crippen LogP contribution in [-0.4, -0.2) is 40.0 Å². The average Bonchev–Trinajstić information content (AvgIpc) is 3.24. The number of hydrogen-bond donors (Lipinski definition) is 1. The van der Waals surface area contributed by atoms with E-state index in [0.29, 0.717) is 22.7 Å². The van der Waals surface area contributed by atoms with E-state index in [4.69, 9.17) is 0 Å². The molecule has 32 heavy (non-hydrogen) atoms. The van der Waals surface area contributed by atoms with Crippen LogP contribution >= 0.6 is 11.3 Å². The number of benzene rings is 2. The molecule has 1 heterocycles. The molecule has 0 atom stereocenters. The van der Waals surface area contributed by atoms with Gasteiger partial charge < -0.3 is 10.2 Å². The van der Waals surface area contributed by atoms with E-state index in [1.807, 2.05) is 13.0 Å². The maximum Gasteiger partial charge on any atom is 0.416 e. The van der Waals surface area contributed by atoms with Crippen LogP contribution in [0.15, 0.2) is 54.6 Å². The molecule has 0 aliphatic heterocycles. The van der Waals surface area contributed by atoms with Crippen molar-refractivity contribution in [2.45, 2.75) is 25.9 Å². The van der Waals surface area contributed by atoms with Crippen molar-refractivity contribution < 1.29 is 22.8 Å². The van der Waals surface area contributed by atoms with Crippen molar-refractivity contribution in [2.24, 2.45) is 0 Å². The topological polar surface area (TPSA) is 75.2 Å². The van der Waals surface area contributed by atoms with Crippen LogP contribution in [0.4, 0.5) is 18.3 Å². The molecule has 0 aliphatic rings. The number of carbonyl (C=O) groups excluding carboxylic acids is 2. The minimum atomic E-state index is -4.41. The number of rotatable bonds is 8. The highest BCUT2D eigenvalue weighted by atomic mass is 32.1. The third-order valence-electron chi connectivity index (χ3n) is 4.54. The Labute approximate surface area is 187 Å². The van der Waals surface area contributed by atoms with Crippen molar-refractivity contribution in [3.05, 3.63) is 65.7 Å². The van der Waals surface area contributed by atoms with Crippen molar-refractivity contribution in [3.8, 4) is 10.6 Å². The lowest BCUT2D eigenvalue weighted by Crippen LogP contribution is -2.34. The first kappa shape index (κ1) is 23.4. The zero-order valence-electron chi connectivity index (χ0n) is 17.2. The minimum absolute atomic E-state index is 0.0771. The molecule has 0 spiro atoms. The van der Waals surface area contributed by atoms with Crippen LogP contribution in [0.3, 0.4) is 0 Å². The van der Waals surface area contributed by atoms with Crippen molar-refractivity contribution in [3.63, 3.8) is 0 Å². The van der Waals surface area contributed by atoms with Gasteiger partial charge in [0.05, 0.1) is 5.56 Å². The Morgan fingerprint density at radius 2 is 1.69 bits per heavy atom. The first-order valence-electron chi connectivity index (χ1n) is 9.93. The predicted octanol–water partition coefficient (Wildman–Crippen LogP) is 5.10. The summed E-state index contributed by atoms with van der Waals surface area (Å²) in [5.41, 5.74) is 0.284. The number of carbonyl (C=O) groups is 2. The van der Waals surface area contributed by atoms with Gasteiger partial charge >= 0.3 is 6.18 Å². The standard InChI is InChI=1S/C22H21F3N4O2S/c1-2-13-29(20(31)16-6-4-3-5-7-16)14-12-18(30)26-21-28-27-19(32-21)15-8-10-17(11-9-15)22(23,24)25/h3-11H,2,12-14H2,1H3,(H,26,28,30). The van der Waals surface area contributed by atoms with Crippen molar-refractivity contribution >= 4 is 28.3 Å². The monoisotopic (exact) mass is 462 g/mol. The molecule has 3 rings (SSSR count). The van der Waals surface area contributed by atoms with E-state index >= 15 is 0 Å². The maximum absolute atomic E-state index is 12.7. The molecule has 1 aromatic heterocycles. The van der Waals surface area contributed by atoms with E-state index in [1.165, 1.54) is 12.1 Å². The van der Waals surface area contributed by atoms with E-state index in [9.17, 15) is 22.8 Å². The second kappa shape index (κ2) is 10.4. The molecule has 0 aliphatic carbocycles. The second-order valence-electron chi connectivity index (χ2n) is 6.94. The second-order valence-corrected chi connectivity index (χ2v) is 7.92. The Morgan fingerprint density at radius 3 is 2.31 bits per heavy atom. The van der Waals surface area contributed by atoms with Gasteiger partial charge in [-0.15, -0.1) is 10.2 Å². The number of hydrogen-bond acceptors (Lipinski definition) is 5. The van der Waals surface area contributed by atoms with Crippen LogP contribution in [0, 0.1) is 0 Å². The van der Waals surface area contributed by atoms with Gasteiger partial charge in [0.1, 0.15) is 5.01 Å². The largest absolute Gasteiger partial charge is 0.416 e. The van der Waals surface area contributed by atoms with Crippen molar-refractivity contribution in [1.82, 2.24) is 15.1 Å². The lowest BCUT2D eigenvalue weighted by molar-refractivity contribution is -0.137. The molecule has 0 fully saturated rings. The number of anilines is 1. The SMILES string of the molecule is CCCN(CCC(=O)Nc1nnc(-c2ccc(C(F)(F)F)cc2)s1)C(=O)c1ccccc1. The molecule has 1 N–H and O–H groups in total. The Kier molecular flexibility index (Phi) is 7.57. The molecule has 2 aromatic carbocycles. The number of amides is 2. The van der Waals surface area contributed by atoms with Crippen LogP contribution in [0.1, 0.15) is 35.7 Å². The number of alkyl halides is 3. The van der Waals surface area contributed by atoms with Gasteiger partial charge in [0.15, 0.2) is 0 Å². The van der Waals surface area contributed by atoms with Gasteiger partial charge in [0.25, 0.3) is 5.91 Å². The predicted molar refractivity (Wildman–Crippen MR) is 116 cm³/mol. The first-order valence-corrected chi connectivity index (χ1v) is 10.7. The molecule has 3 aromatic rings. The average molecular weight is 462 g/mol. The van der Waals surface area contributed by atoms with E-state index in [1.54, 1.807) is 29.2 Å². The highest BCUT2D eigenvalue weighted by Crippen LogP contribution is 2.32. The quantitative estimate of drug-likeness (QED) is 0.505. The van der Waals surface area contributed by atoms with Crippen LogP contribution in [0.25, 0.3) is 10.6 Å². The summed E-state index contributed by atoms with van der Waals surface area (Å²) in [5.74, 6) is -0.470. The summed E-state index contributed by atoms with van der Waals surface area (Å²) in [6.07, 6.45) is -3.58. The lowest BCUT2D eigenvalue weighted by atomic mass is 10.1.